The van der Waals surface area contributed by atoms with Crippen LogP contribution in [0, 0.1) is 5.41 Å². The van der Waals surface area contributed by atoms with Gasteiger partial charge < -0.3 is 10.5 Å². The largest absolute Gasteiger partial charge is 0.444 e. The van der Waals surface area contributed by atoms with Crippen LogP contribution in [0.3, 0.4) is 0 Å². The fourth-order valence-corrected chi connectivity index (χ4v) is 3.72. The molecule has 0 aliphatic carbocycles. The smallest absolute Gasteiger partial charge is 0.424 e. The van der Waals surface area contributed by atoms with Crippen molar-refractivity contribution in [3.63, 3.8) is 0 Å². The molecule has 8 heteroatoms. The maximum atomic E-state index is 12.5. The van der Waals surface area contributed by atoms with Crippen molar-refractivity contribution >= 4 is 16.3 Å². The Bertz CT molecular complexity index is 670. The number of rotatable bonds is 4. The molecule has 1 atom stereocenters. The number of ether oxygens (including phenoxy) is 1. The van der Waals surface area contributed by atoms with Crippen molar-refractivity contribution in [1.29, 1.82) is 0 Å². The van der Waals surface area contributed by atoms with E-state index in [0.717, 1.165) is 9.87 Å². The maximum absolute atomic E-state index is 12.5. The standard InChI is InChI=1S/C16H25N3O4S/c1-16(2,3)14(17)11-18-9-10-19(24(18,21)22)15(20)23-12-13-7-5-4-6-8-13/h4-8,14H,9-12,17H2,1-3H3/t14-/m1/s1. The highest BCUT2D eigenvalue weighted by molar-refractivity contribution is 7.87. The summed E-state index contributed by atoms with van der Waals surface area (Å²) in [6.07, 6.45) is -0.856. The molecule has 1 aromatic carbocycles. The first kappa shape index (κ1) is 18.7. The lowest BCUT2D eigenvalue weighted by molar-refractivity contribution is 0.121. The molecule has 2 rings (SSSR count). The first-order chi connectivity index (χ1) is 11.1. The van der Waals surface area contributed by atoms with Crippen LogP contribution >= 0.6 is 0 Å². The van der Waals surface area contributed by atoms with Crippen molar-refractivity contribution in [2.75, 3.05) is 19.6 Å². The third-order valence-electron chi connectivity index (χ3n) is 4.08. The van der Waals surface area contributed by atoms with Gasteiger partial charge in [0.15, 0.2) is 0 Å². The fraction of sp³-hybridized carbons (Fsp3) is 0.562. The van der Waals surface area contributed by atoms with Crippen LogP contribution in [0.25, 0.3) is 0 Å². The summed E-state index contributed by atoms with van der Waals surface area (Å²) in [7, 11) is -3.87. The molecule has 1 saturated heterocycles. The molecule has 2 N–H and O–H groups in total. The minimum absolute atomic E-state index is 0.0349. The fourth-order valence-electron chi connectivity index (χ4n) is 2.23. The van der Waals surface area contributed by atoms with E-state index in [0.29, 0.717) is 0 Å². The molecule has 1 aliphatic heterocycles. The zero-order chi connectivity index (χ0) is 18.0. The lowest BCUT2D eigenvalue weighted by atomic mass is 9.87. The molecule has 7 nitrogen and oxygen atoms in total. The number of nitrogens with zero attached hydrogens (tertiary/aromatic N) is 2. The van der Waals surface area contributed by atoms with Crippen LogP contribution < -0.4 is 5.73 Å². The Labute approximate surface area is 143 Å². The van der Waals surface area contributed by atoms with Crippen LogP contribution in [0.15, 0.2) is 30.3 Å². The summed E-state index contributed by atoms with van der Waals surface area (Å²) in [6.45, 7) is 6.37. The summed E-state index contributed by atoms with van der Waals surface area (Å²) in [6, 6.07) is 8.79. The number of amides is 1. The van der Waals surface area contributed by atoms with Crippen LogP contribution in [0.4, 0.5) is 4.79 Å². The summed E-state index contributed by atoms with van der Waals surface area (Å²) in [5.74, 6) is 0. The predicted molar refractivity (Wildman–Crippen MR) is 91.3 cm³/mol. The van der Waals surface area contributed by atoms with Gasteiger partial charge in [-0.3, -0.25) is 0 Å². The zero-order valence-corrected chi connectivity index (χ0v) is 15.1. The van der Waals surface area contributed by atoms with E-state index in [1.165, 1.54) is 4.31 Å². The molecule has 1 aromatic rings. The van der Waals surface area contributed by atoms with Crippen molar-refractivity contribution in [3.8, 4) is 0 Å². The first-order valence-corrected chi connectivity index (χ1v) is 9.26. The molecule has 134 valence electrons. The van der Waals surface area contributed by atoms with E-state index < -0.39 is 16.3 Å². The van der Waals surface area contributed by atoms with Gasteiger partial charge in [0.25, 0.3) is 0 Å². The third-order valence-corrected chi connectivity index (χ3v) is 5.95. The van der Waals surface area contributed by atoms with Gasteiger partial charge in [-0.25, -0.2) is 4.79 Å². The van der Waals surface area contributed by atoms with Gasteiger partial charge in [-0.2, -0.15) is 17.0 Å². The van der Waals surface area contributed by atoms with Crippen LogP contribution in [-0.2, 0) is 21.6 Å². The van der Waals surface area contributed by atoms with E-state index >= 15 is 0 Å². The van der Waals surface area contributed by atoms with Crippen molar-refractivity contribution in [1.82, 2.24) is 8.61 Å². The van der Waals surface area contributed by atoms with Crippen molar-refractivity contribution < 1.29 is 17.9 Å². The summed E-state index contributed by atoms with van der Waals surface area (Å²) >= 11 is 0. The minimum Gasteiger partial charge on any atom is -0.444 e. The molecule has 0 aromatic heterocycles. The Morgan fingerprint density at radius 1 is 1.25 bits per heavy atom. The first-order valence-electron chi connectivity index (χ1n) is 7.86. The molecule has 1 aliphatic rings. The van der Waals surface area contributed by atoms with E-state index in [1.807, 2.05) is 39.0 Å². The zero-order valence-electron chi connectivity index (χ0n) is 14.3. The summed E-state index contributed by atoms with van der Waals surface area (Å²) in [4.78, 5) is 12.1. The van der Waals surface area contributed by atoms with Gasteiger partial charge in [0.1, 0.15) is 6.61 Å². The second kappa shape index (κ2) is 7.08. The molecule has 0 saturated carbocycles. The van der Waals surface area contributed by atoms with E-state index in [-0.39, 0.29) is 37.7 Å². The number of hydrogen-bond donors (Lipinski definition) is 1. The van der Waals surface area contributed by atoms with Gasteiger partial charge in [-0.1, -0.05) is 51.1 Å². The lowest BCUT2D eigenvalue weighted by Crippen LogP contribution is -2.47. The molecule has 0 unspecified atom stereocenters. The van der Waals surface area contributed by atoms with Gasteiger partial charge in [0, 0.05) is 19.1 Å². The minimum atomic E-state index is -3.87. The highest BCUT2D eigenvalue weighted by Gasteiger charge is 2.42. The molecule has 1 amide bonds. The molecule has 0 spiro atoms. The molecule has 0 radical (unpaired) electrons. The second-order valence-corrected chi connectivity index (χ2v) is 8.80. The molecule has 1 heterocycles. The second-order valence-electron chi connectivity index (χ2n) is 6.95. The third kappa shape index (κ3) is 4.25. The summed E-state index contributed by atoms with van der Waals surface area (Å²) in [5, 5.41) is 0. The normalized spacial score (nSPS) is 19.2. The summed E-state index contributed by atoms with van der Waals surface area (Å²) < 4.78 is 32.1. The van der Waals surface area contributed by atoms with Crippen molar-refractivity contribution in [2.45, 2.75) is 33.4 Å². The average Bonchev–Trinajstić information content (AvgIpc) is 2.80. The molecule has 1 fully saturated rings. The van der Waals surface area contributed by atoms with E-state index in [1.54, 1.807) is 12.1 Å². The highest BCUT2D eigenvalue weighted by Crippen LogP contribution is 2.23. The number of hydrogen-bond acceptors (Lipinski definition) is 5. The number of benzene rings is 1. The Kier molecular flexibility index (Phi) is 5.52. The van der Waals surface area contributed by atoms with Gasteiger partial charge >= 0.3 is 16.3 Å². The van der Waals surface area contributed by atoms with Crippen molar-refractivity contribution in [2.24, 2.45) is 11.1 Å². The molecular formula is C16H25N3O4S. The number of carbonyl (C=O) groups is 1. The highest BCUT2D eigenvalue weighted by atomic mass is 32.2. The van der Waals surface area contributed by atoms with E-state index in [9.17, 15) is 13.2 Å². The topological polar surface area (TPSA) is 92.9 Å². The Hall–Kier alpha value is -1.64. The lowest BCUT2D eigenvalue weighted by Gasteiger charge is -2.30. The summed E-state index contributed by atoms with van der Waals surface area (Å²) in [5.41, 5.74) is 6.64. The average molecular weight is 355 g/mol. The monoisotopic (exact) mass is 355 g/mol. The predicted octanol–water partition coefficient (Wildman–Crippen LogP) is 1.56. The van der Waals surface area contributed by atoms with Gasteiger partial charge in [-0.15, -0.1) is 0 Å². The quantitative estimate of drug-likeness (QED) is 0.885. The Morgan fingerprint density at radius 3 is 2.46 bits per heavy atom. The molecule has 24 heavy (non-hydrogen) atoms. The maximum Gasteiger partial charge on any atom is 0.424 e. The Balaban J connectivity index is 1.98. The van der Waals surface area contributed by atoms with E-state index in [2.05, 4.69) is 0 Å². The van der Waals surface area contributed by atoms with Gasteiger partial charge in [-0.05, 0) is 11.0 Å². The Morgan fingerprint density at radius 2 is 1.88 bits per heavy atom. The van der Waals surface area contributed by atoms with Gasteiger partial charge in [0.05, 0.1) is 6.54 Å². The van der Waals surface area contributed by atoms with Crippen LogP contribution in [0.2, 0.25) is 0 Å². The van der Waals surface area contributed by atoms with Crippen LogP contribution in [0.5, 0.6) is 0 Å². The number of nitrogens with two attached hydrogens (primary N) is 1. The van der Waals surface area contributed by atoms with Crippen LogP contribution in [-0.4, -0.2) is 48.8 Å². The molecule has 0 bridgehead atoms. The van der Waals surface area contributed by atoms with Crippen molar-refractivity contribution in [3.05, 3.63) is 35.9 Å². The SMILES string of the molecule is CC(C)(C)[C@H](N)CN1CCN(C(=O)OCc2ccccc2)S1(=O)=O. The van der Waals surface area contributed by atoms with Crippen LogP contribution in [0.1, 0.15) is 26.3 Å². The molecular weight excluding hydrogens is 330 g/mol. The van der Waals surface area contributed by atoms with Gasteiger partial charge in [0.2, 0.25) is 0 Å². The number of carbonyl (C=O) groups excluding carboxylic acids is 1. The van der Waals surface area contributed by atoms with E-state index in [4.69, 9.17) is 10.5 Å².